The Morgan fingerprint density at radius 3 is 1.57 bits per heavy atom. The minimum absolute atomic E-state index is 0. The van der Waals surface area contributed by atoms with E-state index in [0.29, 0.717) is 6.26 Å². The van der Waals surface area contributed by atoms with Crippen LogP contribution in [-0.4, -0.2) is 44.6 Å². The molecule has 0 saturated heterocycles. The number of hydrogen-bond donors (Lipinski definition) is 2. The average Bonchev–Trinajstić information content (AvgIpc) is 3.06. The zero-order chi connectivity index (χ0) is 32.9. The van der Waals surface area contributed by atoms with Gasteiger partial charge in [0.15, 0.2) is 0 Å². The van der Waals surface area contributed by atoms with Gasteiger partial charge in [-0.1, -0.05) is 137 Å². The number of rotatable bonds is 6. The average molecular weight is 765 g/mol. The van der Waals surface area contributed by atoms with Crippen LogP contribution in [0.4, 0.5) is 11.4 Å². The summed E-state index contributed by atoms with van der Waals surface area (Å²) in [4.78, 5) is 2.27. The molecule has 0 unspecified atom stereocenters. The second kappa shape index (κ2) is 19.5. The number of para-hydroxylation sites is 2. The third kappa shape index (κ3) is 12.1. The molecule has 2 aliphatic rings. The molecule has 0 heterocycles. The molecule has 5 nitrogen and oxygen atoms in total. The van der Waals surface area contributed by atoms with Gasteiger partial charge >= 0.3 is 0 Å². The van der Waals surface area contributed by atoms with Crippen LogP contribution in [0.3, 0.4) is 0 Å². The van der Waals surface area contributed by atoms with Gasteiger partial charge in [-0.3, -0.25) is 4.55 Å². The third-order valence-corrected chi connectivity index (χ3v) is 12.4. The van der Waals surface area contributed by atoms with Crippen LogP contribution in [0.5, 0.6) is 0 Å². The fraction of sp³-hybridized carbons (Fsp3) is 0.385. The molecule has 0 aliphatic heterocycles. The molecular formula is C39H51N2O3PPdS. The molecule has 0 radical (unpaired) electrons. The van der Waals surface area contributed by atoms with Gasteiger partial charge in [0.1, 0.15) is 0 Å². The Morgan fingerprint density at radius 2 is 1.06 bits per heavy atom. The standard InChI is InChI=1S/C26H36NP.C12H11N.CH4O3S.Pd/c1-27(2)25-19-11-9-17-23(25)24-18-10-12-20-26(24)28(21-13-5-3-6-14-21)22-15-7-4-8-16-22;13-12-9-5-4-8-11(12)10-6-2-1-3-7-10;1-5(2,3)4;/h9-12,17-22H,3-8,13-16H2,1-2H3;1-9H,13H2;1H3,(H,2,3,4);. The van der Waals surface area contributed by atoms with E-state index in [1.165, 1.54) is 86.6 Å². The fourth-order valence-corrected chi connectivity index (χ4v) is 10.8. The SMILES string of the molecule is CN(C)c1ccccc1-c1ccccc1P(C1CCCCC1)C1CCCCC1.CS(=O)(=O)O.Nc1ccccc1-c1ccccc1.[Pd]. The van der Waals surface area contributed by atoms with Gasteiger partial charge in [0.25, 0.3) is 10.1 Å². The molecule has 0 amide bonds. The molecule has 4 aromatic rings. The van der Waals surface area contributed by atoms with E-state index in [2.05, 4.69) is 79.7 Å². The van der Waals surface area contributed by atoms with Crippen molar-refractivity contribution in [2.45, 2.75) is 75.5 Å². The molecule has 0 aromatic heterocycles. The Morgan fingerprint density at radius 1 is 0.638 bits per heavy atom. The van der Waals surface area contributed by atoms with Crippen LogP contribution < -0.4 is 15.9 Å². The van der Waals surface area contributed by atoms with E-state index in [0.717, 1.165) is 22.6 Å². The van der Waals surface area contributed by atoms with E-state index in [-0.39, 0.29) is 28.3 Å². The summed E-state index contributed by atoms with van der Waals surface area (Å²) in [6, 6.07) is 36.5. The topological polar surface area (TPSA) is 83.6 Å². The zero-order valence-corrected chi connectivity index (χ0v) is 31.3. The molecule has 0 atom stereocenters. The first-order chi connectivity index (χ1) is 22.1. The van der Waals surface area contributed by atoms with Crippen LogP contribution in [0.1, 0.15) is 64.2 Å². The maximum absolute atomic E-state index is 9.19. The molecule has 3 N–H and O–H groups in total. The van der Waals surface area contributed by atoms with E-state index < -0.39 is 10.1 Å². The van der Waals surface area contributed by atoms with Gasteiger partial charge in [-0.25, -0.2) is 0 Å². The molecule has 0 spiro atoms. The normalized spacial score (nSPS) is 15.3. The summed E-state index contributed by atoms with van der Waals surface area (Å²) in [7, 11) is 0.593. The van der Waals surface area contributed by atoms with E-state index in [9.17, 15) is 8.42 Å². The Labute approximate surface area is 298 Å². The molecule has 6 rings (SSSR count). The number of hydrogen-bond acceptors (Lipinski definition) is 4. The fourth-order valence-electron chi connectivity index (χ4n) is 6.81. The molecule has 4 aromatic carbocycles. The van der Waals surface area contributed by atoms with Gasteiger partial charge in [0, 0.05) is 57.0 Å². The summed E-state index contributed by atoms with van der Waals surface area (Å²) >= 11 is 0. The monoisotopic (exact) mass is 764 g/mol. The van der Waals surface area contributed by atoms with E-state index in [1.807, 2.05) is 42.5 Å². The van der Waals surface area contributed by atoms with Crippen molar-refractivity contribution in [3.05, 3.63) is 103 Å². The molecule has 2 fully saturated rings. The number of nitrogens with zero attached hydrogens (tertiary/aromatic N) is 1. The maximum atomic E-state index is 9.19. The van der Waals surface area contributed by atoms with Crippen LogP contribution in [0.2, 0.25) is 0 Å². The second-order valence-electron chi connectivity index (χ2n) is 12.6. The van der Waals surface area contributed by atoms with Crippen molar-refractivity contribution in [1.29, 1.82) is 0 Å². The Kier molecular flexibility index (Phi) is 16.1. The molecule has 8 heteroatoms. The second-order valence-corrected chi connectivity index (χ2v) is 16.8. The first kappa shape index (κ1) is 38.9. The largest absolute Gasteiger partial charge is 0.398 e. The van der Waals surface area contributed by atoms with E-state index in [4.69, 9.17) is 10.3 Å². The summed E-state index contributed by atoms with van der Waals surface area (Å²) in [5.41, 5.74) is 15.1. The number of anilines is 2. The summed E-state index contributed by atoms with van der Waals surface area (Å²) in [5.74, 6) is 0. The summed E-state index contributed by atoms with van der Waals surface area (Å²) in [6.45, 7) is 0. The molecule has 256 valence electrons. The van der Waals surface area contributed by atoms with E-state index in [1.54, 1.807) is 5.30 Å². The van der Waals surface area contributed by atoms with Crippen molar-refractivity contribution in [3.63, 3.8) is 0 Å². The maximum Gasteiger partial charge on any atom is 0.261 e. The van der Waals surface area contributed by atoms with Gasteiger partial charge in [0.05, 0.1) is 6.26 Å². The first-order valence-corrected chi connectivity index (χ1v) is 19.9. The van der Waals surface area contributed by atoms with Gasteiger partial charge in [-0.05, 0) is 65.6 Å². The summed E-state index contributed by atoms with van der Waals surface area (Å²) in [5, 5.41) is 1.70. The number of benzene rings is 4. The first-order valence-electron chi connectivity index (χ1n) is 16.6. The quantitative estimate of drug-likeness (QED) is 0.0885. The molecule has 2 aliphatic carbocycles. The van der Waals surface area contributed by atoms with Crippen molar-refractivity contribution < 1.29 is 33.4 Å². The van der Waals surface area contributed by atoms with Crippen molar-refractivity contribution >= 4 is 34.7 Å². The predicted molar refractivity (Wildman–Crippen MR) is 200 cm³/mol. The molecule has 2 saturated carbocycles. The zero-order valence-electron chi connectivity index (χ0n) is 28.0. The minimum atomic E-state index is -3.67. The van der Waals surface area contributed by atoms with Crippen molar-refractivity contribution in [2.24, 2.45) is 0 Å². The summed E-state index contributed by atoms with van der Waals surface area (Å²) < 4.78 is 25.9. The molecular weight excluding hydrogens is 714 g/mol. The van der Waals surface area contributed by atoms with E-state index >= 15 is 0 Å². The van der Waals surface area contributed by atoms with Gasteiger partial charge in [-0.15, -0.1) is 0 Å². The van der Waals surface area contributed by atoms with Crippen molar-refractivity contribution in [1.82, 2.24) is 0 Å². The number of nitrogen functional groups attached to an aromatic ring is 1. The van der Waals surface area contributed by atoms with Crippen LogP contribution in [-0.2, 0) is 30.5 Å². The van der Waals surface area contributed by atoms with Gasteiger partial charge < -0.3 is 10.6 Å². The Balaban J connectivity index is 0.000000262. The number of nitrogens with two attached hydrogens (primary N) is 1. The molecule has 47 heavy (non-hydrogen) atoms. The Bertz CT molecular complexity index is 1580. The smallest absolute Gasteiger partial charge is 0.261 e. The Hall–Kier alpha value is -2.52. The predicted octanol–water partition coefficient (Wildman–Crippen LogP) is 9.63. The van der Waals surface area contributed by atoms with Crippen LogP contribution in [0, 0.1) is 0 Å². The van der Waals surface area contributed by atoms with Crippen LogP contribution in [0.25, 0.3) is 22.3 Å². The summed E-state index contributed by atoms with van der Waals surface area (Å²) in [6.07, 6.45) is 15.3. The van der Waals surface area contributed by atoms with Crippen LogP contribution in [0.15, 0.2) is 103 Å². The van der Waals surface area contributed by atoms with Gasteiger partial charge in [-0.2, -0.15) is 8.42 Å². The van der Waals surface area contributed by atoms with Crippen molar-refractivity contribution in [3.8, 4) is 22.3 Å². The third-order valence-electron chi connectivity index (χ3n) is 8.84. The minimum Gasteiger partial charge on any atom is -0.398 e. The van der Waals surface area contributed by atoms with Crippen LogP contribution >= 0.6 is 7.92 Å². The van der Waals surface area contributed by atoms with Gasteiger partial charge in [0.2, 0.25) is 0 Å². The van der Waals surface area contributed by atoms with Crippen molar-refractivity contribution in [2.75, 3.05) is 31.0 Å². The molecule has 0 bridgehead atoms.